The highest BCUT2D eigenvalue weighted by molar-refractivity contribution is 5.82. The summed E-state index contributed by atoms with van der Waals surface area (Å²) in [5, 5.41) is 15.8. The van der Waals surface area contributed by atoms with Gasteiger partial charge in [-0.25, -0.2) is 4.98 Å². The molecule has 2 aromatic carbocycles. The van der Waals surface area contributed by atoms with Gasteiger partial charge in [0.05, 0.1) is 0 Å². The van der Waals surface area contributed by atoms with Crippen molar-refractivity contribution in [2.45, 2.75) is 46.6 Å². The number of aryl methyl sites for hydroxylation is 3. The number of aromatic nitrogens is 6. The maximum Gasteiger partial charge on any atom is 0.205 e. The highest BCUT2D eigenvalue weighted by Crippen LogP contribution is 2.30. The van der Waals surface area contributed by atoms with Crippen LogP contribution in [0.1, 0.15) is 42.3 Å². The maximum atomic E-state index is 4.91. The number of pyridine rings is 1. The summed E-state index contributed by atoms with van der Waals surface area (Å²) in [5.74, 6) is 0.603. The minimum Gasteiger partial charge on any atom is -0.325 e. The van der Waals surface area contributed by atoms with E-state index < -0.39 is 0 Å². The van der Waals surface area contributed by atoms with Crippen LogP contribution in [0.4, 0.5) is 0 Å². The fraction of sp³-hybridized carbons (Fsp3) is 0.259. The van der Waals surface area contributed by atoms with Crippen LogP contribution in [0.25, 0.3) is 33.5 Å². The van der Waals surface area contributed by atoms with E-state index in [9.17, 15) is 0 Å². The van der Waals surface area contributed by atoms with Gasteiger partial charge in [-0.2, -0.15) is 5.21 Å². The molecule has 6 heteroatoms. The van der Waals surface area contributed by atoms with E-state index in [1.807, 2.05) is 18.2 Å². The van der Waals surface area contributed by atoms with Crippen LogP contribution in [-0.4, -0.2) is 30.2 Å². The Balaban J connectivity index is 1.50. The fourth-order valence-corrected chi connectivity index (χ4v) is 4.51. The number of unbranched alkanes of at least 4 members (excludes halogenated alkanes) is 1. The van der Waals surface area contributed by atoms with E-state index in [1.54, 1.807) is 0 Å². The summed E-state index contributed by atoms with van der Waals surface area (Å²) in [6.07, 6.45) is 3.43. The Bertz CT molecular complexity index is 1380. The molecule has 6 nitrogen and oxygen atoms in total. The van der Waals surface area contributed by atoms with Gasteiger partial charge in [-0.05, 0) is 66.3 Å². The number of nitrogens with one attached hydrogen (secondary N) is 1. The Kier molecular flexibility index (Phi) is 5.73. The number of H-pyrrole nitrogens is 1. The summed E-state index contributed by atoms with van der Waals surface area (Å²) in [4.78, 5) is 4.91. The van der Waals surface area contributed by atoms with E-state index in [1.165, 1.54) is 35.0 Å². The highest BCUT2D eigenvalue weighted by atomic mass is 15.5. The molecule has 0 unspecified atom stereocenters. The SMILES string of the molecule is CCCCc1cc2c(C)cc(C)nc2n1Cc1ccc(-c2ccccc2-c2nn[nH]n2)cc1. The Hall–Kier alpha value is -3.80. The van der Waals surface area contributed by atoms with Crippen molar-refractivity contribution < 1.29 is 0 Å². The molecule has 0 saturated carbocycles. The Morgan fingerprint density at radius 2 is 1.73 bits per heavy atom. The second kappa shape index (κ2) is 8.98. The smallest absolute Gasteiger partial charge is 0.205 e. The van der Waals surface area contributed by atoms with Crippen molar-refractivity contribution in [3.8, 4) is 22.5 Å². The van der Waals surface area contributed by atoms with E-state index in [0.717, 1.165) is 41.0 Å². The van der Waals surface area contributed by atoms with Crippen molar-refractivity contribution in [2.75, 3.05) is 0 Å². The molecule has 0 radical (unpaired) electrons. The van der Waals surface area contributed by atoms with Crippen molar-refractivity contribution in [1.29, 1.82) is 0 Å². The molecule has 0 aliphatic carbocycles. The van der Waals surface area contributed by atoms with Gasteiger partial charge in [0.2, 0.25) is 5.82 Å². The normalized spacial score (nSPS) is 11.4. The monoisotopic (exact) mass is 436 g/mol. The van der Waals surface area contributed by atoms with E-state index in [2.05, 4.69) is 88.4 Å². The molecule has 166 valence electrons. The zero-order valence-electron chi connectivity index (χ0n) is 19.3. The third-order valence-electron chi connectivity index (χ3n) is 6.19. The van der Waals surface area contributed by atoms with Crippen molar-refractivity contribution in [3.63, 3.8) is 0 Å². The molecule has 0 amide bonds. The predicted molar refractivity (Wildman–Crippen MR) is 132 cm³/mol. The van der Waals surface area contributed by atoms with Gasteiger partial charge >= 0.3 is 0 Å². The van der Waals surface area contributed by atoms with Gasteiger partial charge in [-0.3, -0.25) is 0 Å². The van der Waals surface area contributed by atoms with Crippen molar-refractivity contribution in [3.05, 3.63) is 83.2 Å². The molecular weight excluding hydrogens is 408 g/mol. The summed E-state index contributed by atoms with van der Waals surface area (Å²) in [7, 11) is 0. The van der Waals surface area contributed by atoms with Crippen LogP contribution in [0, 0.1) is 13.8 Å². The summed E-state index contributed by atoms with van der Waals surface area (Å²) >= 11 is 0. The lowest BCUT2D eigenvalue weighted by Crippen LogP contribution is -2.06. The third kappa shape index (κ3) is 4.16. The topological polar surface area (TPSA) is 72.3 Å². The number of nitrogens with zero attached hydrogens (tertiary/aromatic N) is 5. The number of fused-ring (bicyclic) bond motifs is 1. The van der Waals surface area contributed by atoms with Gasteiger partial charge < -0.3 is 4.57 Å². The van der Waals surface area contributed by atoms with Gasteiger partial charge in [-0.1, -0.05) is 61.9 Å². The van der Waals surface area contributed by atoms with Crippen molar-refractivity contribution in [2.24, 2.45) is 0 Å². The number of hydrogen-bond donors (Lipinski definition) is 1. The van der Waals surface area contributed by atoms with Gasteiger partial charge in [0.15, 0.2) is 0 Å². The molecule has 0 aliphatic rings. The molecule has 3 heterocycles. The van der Waals surface area contributed by atoms with Crippen LogP contribution >= 0.6 is 0 Å². The van der Waals surface area contributed by atoms with Crippen LogP contribution < -0.4 is 0 Å². The molecule has 5 aromatic rings. The Morgan fingerprint density at radius 3 is 2.45 bits per heavy atom. The lowest BCUT2D eigenvalue weighted by molar-refractivity contribution is 0.706. The summed E-state index contributed by atoms with van der Waals surface area (Å²) in [6.45, 7) is 7.31. The minimum atomic E-state index is 0.603. The van der Waals surface area contributed by atoms with Gasteiger partial charge in [-0.15, -0.1) is 10.2 Å². The first-order valence-corrected chi connectivity index (χ1v) is 11.5. The number of rotatable bonds is 7. The third-order valence-corrected chi connectivity index (χ3v) is 6.19. The second-order valence-corrected chi connectivity index (χ2v) is 8.62. The summed E-state index contributed by atoms with van der Waals surface area (Å²) in [5.41, 5.74) is 9.25. The quantitative estimate of drug-likeness (QED) is 0.345. The zero-order chi connectivity index (χ0) is 22.8. The maximum absolute atomic E-state index is 4.91. The minimum absolute atomic E-state index is 0.603. The zero-order valence-corrected chi connectivity index (χ0v) is 19.3. The van der Waals surface area contributed by atoms with E-state index in [4.69, 9.17) is 4.98 Å². The second-order valence-electron chi connectivity index (χ2n) is 8.62. The molecule has 0 bridgehead atoms. The first kappa shape index (κ1) is 21.1. The van der Waals surface area contributed by atoms with Gasteiger partial charge in [0.1, 0.15) is 5.65 Å². The van der Waals surface area contributed by atoms with E-state index >= 15 is 0 Å². The molecule has 0 spiro atoms. The Morgan fingerprint density at radius 1 is 0.939 bits per heavy atom. The fourth-order valence-electron chi connectivity index (χ4n) is 4.51. The lowest BCUT2D eigenvalue weighted by Gasteiger charge is -2.12. The van der Waals surface area contributed by atoms with Crippen molar-refractivity contribution >= 4 is 11.0 Å². The number of benzene rings is 2. The molecule has 0 fully saturated rings. The average Bonchev–Trinajstić information content (AvgIpc) is 3.48. The highest BCUT2D eigenvalue weighted by Gasteiger charge is 2.14. The molecule has 0 aliphatic heterocycles. The molecular formula is C27H28N6. The number of tetrazole rings is 1. The molecule has 0 saturated heterocycles. The van der Waals surface area contributed by atoms with Crippen LogP contribution in [0.2, 0.25) is 0 Å². The van der Waals surface area contributed by atoms with Crippen LogP contribution in [0.5, 0.6) is 0 Å². The van der Waals surface area contributed by atoms with Crippen LogP contribution in [0.3, 0.4) is 0 Å². The molecule has 33 heavy (non-hydrogen) atoms. The predicted octanol–water partition coefficient (Wildman–Crippen LogP) is 5.89. The van der Waals surface area contributed by atoms with Gasteiger partial charge in [0, 0.05) is 28.9 Å². The van der Waals surface area contributed by atoms with Crippen molar-refractivity contribution in [1.82, 2.24) is 30.2 Å². The summed E-state index contributed by atoms with van der Waals surface area (Å²) < 4.78 is 2.40. The van der Waals surface area contributed by atoms with Crippen LogP contribution in [0.15, 0.2) is 60.7 Å². The first-order valence-electron chi connectivity index (χ1n) is 11.5. The Labute approximate surface area is 193 Å². The number of hydrogen-bond acceptors (Lipinski definition) is 4. The average molecular weight is 437 g/mol. The summed E-state index contributed by atoms with van der Waals surface area (Å²) in [6, 6.07) is 21.4. The van der Waals surface area contributed by atoms with Crippen LogP contribution in [-0.2, 0) is 13.0 Å². The van der Waals surface area contributed by atoms with E-state index in [-0.39, 0.29) is 0 Å². The number of aromatic amines is 1. The van der Waals surface area contributed by atoms with Gasteiger partial charge in [0.25, 0.3) is 0 Å². The van der Waals surface area contributed by atoms with E-state index in [0.29, 0.717) is 5.82 Å². The first-order chi connectivity index (χ1) is 16.1. The largest absolute Gasteiger partial charge is 0.325 e. The molecule has 5 rings (SSSR count). The molecule has 0 atom stereocenters. The molecule has 1 N–H and O–H groups in total. The lowest BCUT2D eigenvalue weighted by atomic mass is 9.98. The standard InChI is InChI=1S/C27H28N6/c1-4-5-8-22-16-25-18(2)15-19(3)28-27(25)33(22)17-20-11-13-21(14-12-20)23-9-6-7-10-24(23)26-29-31-32-30-26/h6-7,9-16H,4-5,8,17H2,1-3H3,(H,29,30,31,32). The molecule has 3 aromatic heterocycles.